The van der Waals surface area contributed by atoms with Gasteiger partial charge >= 0.3 is 0 Å². The van der Waals surface area contributed by atoms with E-state index in [-0.39, 0.29) is 11.8 Å². The van der Waals surface area contributed by atoms with Crippen LogP contribution in [0.3, 0.4) is 0 Å². The van der Waals surface area contributed by atoms with Crippen molar-refractivity contribution in [2.24, 2.45) is 5.10 Å². The molecule has 1 aliphatic carbocycles. The molecule has 8 nitrogen and oxygen atoms in total. The van der Waals surface area contributed by atoms with Crippen molar-refractivity contribution in [3.8, 4) is 5.75 Å². The van der Waals surface area contributed by atoms with Gasteiger partial charge in [-0.25, -0.2) is 5.43 Å². The number of nitrogens with one attached hydrogen (secondary N) is 1. The first kappa shape index (κ1) is 23.7. The largest absolute Gasteiger partial charge is 0.496 e. The average Bonchev–Trinajstić information content (AvgIpc) is 3.28. The molecule has 36 heavy (non-hydrogen) atoms. The Balaban J connectivity index is 1.31. The van der Waals surface area contributed by atoms with Crippen molar-refractivity contribution in [3.63, 3.8) is 0 Å². The van der Waals surface area contributed by atoms with Gasteiger partial charge in [0.2, 0.25) is 0 Å². The Morgan fingerprint density at radius 3 is 2.44 bits per heavy atom. The predicted molar refractivity (Wildman–Crippen MR) is 138 cm³/mol. The zero-order valence-electron chi connectivity index (χ0n) is 20.6. The summed E-state index contributed by atoms with van der Waals surface area (Å²) in [6.07, 6.45) is 2.28. The molecule has 2 aromatic carbocycles. The molecule has 0 radical (unpaired) electrons. The molecule has 2 aliphatic rings. The number of ether oxygens (including phenoxy) is 1. The summed E-state index contributed by atoms with van der Waals surface area (Å²) < 4.78 is 11.4. The van der Waals surface area contributed by atoms with Crippen LogP contribution in [0.25, 0.3) is 0 Å². The zero-order chi connectivity index (χ0) is 25.1. The number of rotatable bonds is 5. The van der Waals surface area contributed by atoms with Crippen molar-refractivity contribution in [1.29, 1.82) is 0 Å². The minimum Gasteiger partial charge on any atom is -0.496 e. The Labute approximate surface area is 210 Å². The van der Waals surface area contributed by atoms with E-state index in [1.165, 1.54) is 12.8 Å². The van der Waals surface area contributed by atoms with Gasteiger partial charge in [-0.2, -0.15) is 5.10 Å². The molecular formula is C28H30N4O4. The third-order valence-corrected chi connectivity index (χ3v) is 6.85. The minimum absolute atomic E-state index is 0.0907. The van der Waals surface area contributed by atoms with Gasteiger partial charge in [0.1, 0.15) is 11.5 Å². The van der Waals surface area contributed by atoms with Crippen molar-refractivity contribution in [3.05, 3.63) is 82.8 Å². The van der Waals surface area contributed by atoms with Crippen LogP contribution in [0.15, 0.2) is 64.1 Å². The van der Waals surface area contributed by atoms with Gasteiger partial charge in [0.25, 0.3) is 11.8 Å². The Morgan fingerprint density at radius 2 is 1.69 bits per heavy atom. The topological polar surface area (TPSA) is 87.4 Å². The first-order valence-electron chi connectivity index (χ1n) is 12.3. The van der Waals surface area contributed by atoms with E-state index in [9.17, 15) is 9.59 Å². The molecule has 3 aromatic rings. The number of benzene rings is 2. The lowest BCUT2D eigenvalue weighted by Crippen LogP contribution is -2.48. The van der Waals surface area contributed by atoms with Gasteiger partial charge in [0, 0.05) is 49.4 Å². The maximum atomic E-state index is 13.4. The van der Waals surface area contributed by atoms with Crippen molar-refractivity contribution in [1.82, 2.24) is 10.3 Å². The van der Waals surface area contributed by atoms with E-state index in [0.29, 0.717) is 36.6 Å². The summed E-state index contributed by atoms with van der Waals surface area (Å²) in [5, 5.41) is 4.44. The normalized spacial score (nSPS) is 16.6. The standard InChI is InChI=1S/C28H30N4O4/c1-19-25-22(29-30-27(33)21-11-6-7-13-23(21)35-2)12-8-14-24(25)36-26(19)28(34)32-17-15-31(16-18-32)20-9-4-3-5-10-20/h3-7,9-11,13H,8,12,14-18H2,1-2H3,(H,30,33)/b29-22+. The molecule has 1 aromatic heterocycles. The highest BCUT2D eigenvalue weighted by Gasteiger charge is 2.31. The average molecular weight is 487 g/mol. The lowest BCUT2D eigenvalue weighted by Gasteiger charge is -2.35. The molecule has 8 heteroatoms. The number of furan rings is 1. The molecule has 0 spiro atoms. The second-order valence-electron chi connectivity index (χ2n) is 9.02. The van der Waals surface area contributed by atoms with Crippen molar-refractivity contribution in [2.75, 3.05) is 38.2 Å². The van der Waals surface area contributed by atoms with Crippen molar-refractivity contribution < 1.29 is 18.7 Å². The third kappa shape index (κ3) is 4.58. The van der Waals surface area contributed by atoms with Gasteiger partial charge in [-0.15, -0.1) is 0 Å². The fraction of sp³-hybridized carbons (Fsp3) is 0.321. The Morgan fingerprint density at radius 1 is 0.972 bits per heavy atom. The van der Waals surface area contributed by atoms with Crippen LogP contribution in [-0.4, -0.2) is 55.7 Å². The molecule has 186 valence electrons. The van der Waals surface area contributed by atoms with Gasteiger partial charge in [0.15, 0.2) is 5.76 Å². The summed E-state index contributed by atoms with van der Waals surface area (Å²) in [5.41, 5.74) is 6.60. The number of hydrogen-bond donors (Lipinski definition) is 1. The Kier molecular flexibility index (Phi) is 6.75. The zero-order valence-corrected chi connectivity index (χ0v) is 20.6. The van der Waals surface area contributed by atoms with Crippen molar-refractivity contribution >= 4 is 23.2 Å². The third-order valence-electron chi connectivity index (χ3n) is 6.85. The van der Waals surface area contributed by atoms with Gasteiger partial charge in [-0.3, -0.25) is 9.59 Å². The fourth-order valence-electron chi connectivity index (χ4n) is 4.94. The first-order chi connectivity index (χ1) is 17.6. The summed E-state index contributed by atoms with van der Waals surface area (Å²) in [4.78, 5) is 30.3. The smallest absolute Gasteiger partial charge is 0.289 e. The summed E-state index contributed by atoms with van der Waals surface area (Å²) in [7, 11) is 1.53. The van der Waals surface area contributed by atoms with Crippen LogP contribution in [-0.2, 0) is 6.42 Å². The van der Waals surface area contributed by atoms with E-state index in [1.807, 2.05) is 36.1 Å². The number of para-hydroxylation sites is 2. The quantitative estimate of drug-likeness (QED) is 0.551. The highest BCUT2D eigenvalue weighted by Crippen LogP contribution is 2.31. The molecule has 0 atom stereocenters. The number of fused-ring (bicyclic) bond motifs is 1. The molecule has 1 fully saturated rings. The molecule has 0 saturated carbocycles. The Bertz CT molecular complexity index is 1290. The molecule has 5 rings (SSSR count). The highest BCUT2D eigenvalue weighted by atomic mass is 16.5. The lowest BCUT2D eigenvalue weighted by atomic mass is 9.93. The van der Waals surface area contributed by atoms with Gasteiger partial charge in [-0.05, 0) is 44.0 Å². The van der Waals surface area contributed by atoms with Gasteiger partial charge < -0.3 is 19.0 Å². The molecule has 0 unspecified atom stereocenters. The second-order valence-corrected chi connectivity index (χ2v) is 9.02. The van der Waals surface area contributed by atoms with Crippen LogP contribution in [0, 0.1) is 6.92 Å². The van der Waals surface area contributed by atoms with Crippen LogP contribution < -0.4 is 15.1 Å². The van der Waals surface area contributed by atoms with E-state index in [0.717, 1.165) is 48.5 Å². The minimum atomic E-state index is -0.346. The molecule has 1 aliphatic heterocycles. The molecule has 1 saturated heterocycles. The van der Waals surface area contributed by atoms with Crippen LogP contribution >= 0.6 is 0 Å². The number of aryl methyl sites for hydroxylation is 1. The van der Waals surface area contributed by atoms with Crippen LogP contribution in [0.2, 0.25) is 0 Å². The van der Waals surface area contributed by atoms with E-state index >= 15 is 0 Å². The van der Waals surface area contributed by atoms with Gasteiger partial charge in [-0.1, -0.05) is 30.3 Å². The van der Waals surface area contributed by atoms with Crippen LogP contribution in [0.1, 0.15) is 50.6 Å². The fourth-order valence-corrected chi connectivity index (χ4v) is 4.94. The summed E-state index contributed by atoms with van der Waals surface area (Å²) in [6.45, 7) is 4.72. The number of piperazine rings is 1. The maximum absolute atomic E-state index is 13.4. The summed E-state index contributed by atoms with van der Waals surface area (Å²) >= 11 is 0. The van der Waals surface area contributed by atoms with Crippen molar-refractivity contribution in [2.45, 2.75) is 26.2 Å². The highest BCUT2D eigenvalue weighted by molar-refractivity contribution is 6.07. The van der Waals surface area contributed by atoms with Crippen LogP contribution in [0.4, 0.5) is 5.69 Å². The monoisotopic (exact) mass is 486 g/mol. The van der Waals surface area contributed by atoms with E-state index in [1.54, 1.807) is 18.2 Å². The maximum Gasteiger partial charge on any atom is 0.289 e. The van der Waals surface area contributed by atoms with E-state index in [2.05, 4.69) is 27.6 Å². The number of methoxy groups -OCH3 is 1. The summed E-state index contributed by atoms with van der Waals surface area (Å²) in [6, 6.07) is 17.3. The molecule has 1 N–H and O–H groups in total. The Hall–Kier alpha value is -4.07. The summed E-state index contributed by atoms with van der Waals surface area (Å²) in [5.74, 6) is 1.18. The van der Waals surface area contributed by atoms with Crippen LogP contribution in [0.5, 0.6) is 5.75 Å². The number of hydrazone groups is 1. The number of amides is 2. The molecular weight excluding hydrogens is 456 g/mol. The molecule has 0 bridgehead atoms. The lowest BCUT2D eigenvalue weighted by molar-refractivity contribution is 0.0711. The molecule has 2 heterocycles. The van der Waals surface area contributed by atoms with E-state index in [4.69, 9.17) is 9.15 Å². The number of anilines is 1. The predicted octanol–water partition coefficient (Wildman–Crippen LogP) is 4.03. The second kappa shape index (κ2) is 10.3. The van der Waals surface area contributed by atoms with E-state index < -0.39 is 0 Å². The number of carbonyl (C=O) groups is 2. The number of hydrogen-bond acceptors (Lipinski definition) is 6. The number of carbonyl (C=O) groups excluding carboxylic acids is 2. The first-order valence-corrected chi connectivity index (χ1v) is 12.3. The molecule has 2 amide bonds. The van der Waals surface area contributed by atoms with Gasteiger partial charge in [0.05, 0.1) is 18.4 Å². The number of nitrogens with zero attached hydrogens (tertiary/aromatic N) is 3. The SMILES string of the molecule is COc1ccccc1C(=O)N/N=C1\CCCc2oc(C(=O)N3CCN(c4ccccc4)CC3)c(C)c21.